The summed E-state index contributed by atoms with van der Waals surface area (Å²) in [5, 5.41) is 2.52. The molecule has 1 unspecified atom stereocenters. The third kappa shape index (κ3) is 3.52. The van der Waals surface area contributed by atoms with Crippen molar-refractivity contribution in [2.24, 2.45) is 0 Å². The van der Waals surface area contributed by atoms with E-state index >= 15 is 0 Å². The number of nitrogens with zero attached hydrogens (tertiary/aromatic N) is 2. The average Bonchev–Trinajstić information content (AvgIpc) is 3.13. The molecule has 1 aromatic rings. The SMILES string of the molecule is O=C(C1CC(F)(F)CN1)N1CCC(c2ncc(C(F)(F)F)[nH]2)CC1. The van der Waals surface area contributed by atoms with Gasteiger partial charge in [-0.3, -0.25) is 10.1 Å². The first kappa shape index (κ1) is 17.1. The summed E-state index contributed by atoms with van der Waals surface area (Å²) in [6, 6.07) is -0.892. The van der Waals surface area contributed by atoms with Gasteiger partial charge in [-0.15, -0.1) is 0 Å². The van der Waals surface area contributed by atoms with Crippen molar-refractivity contribution in [3.63, 3.8) is 0 Å². The van der Waals surface area contributed by atoms with Crippen LogP contribution in [0.3, 0.4) is 0 Å². The van der Waals surface area contributed by atoms with Crippen LogP contribution in [0, 0.1) is 0 Å². The van der Waals surface area contributed by atoms with E-state index in [1.165, 1.54) is 4.90 Å². The van der Waals surface area contributed by atoms with Crippen LogP contribution in [-0.4, -0.2) is 52.4 Å². The molecule has 24 heavy (non-hydrogen) atoms. The van der Waals surface area contributed by atoms with E-state index in [-0.39, 0.29) is 17.6 Å². The topological polar surface area (TPSA) is 61.0 Å². The first-order valence-corrected chi connectivity index (χ1v) is 7.68. The number of likely N-dealkylation sites (tertiary alicyclic amines) is 1. The number of hydrogen-bond donors (Lipinski definition) is 2. The highest BCUT2D eigenvalue weighted by Gasteiger charge is 2.44. The molecule has 0 saturated carbocycles. The molecule has 2 saturated heterocycles. The minimum Gasteiger partial charge on any atom is -0.341 e. The van der Waals surface area contributed by atoms with Crippen LogP contribution in [0.4, 0.5) is 22.0 Å². The van der Waals surface area contributed by atoms with Crippen molar-refractivity contribution in [3.05, 3.63) is 17.7 Å². The molecule has 0 radical (unpaired) electrons. The van der Waals surface area contributed by atoms with Gasteiger partial charge >= 0.3 is 6.18 Å². The van der Waals surface area contributed by atoms with E-state index in [1.807, 2.05) is 0 Å². The monoisotopic (exact) mass is 352 g/mol. The van der Waals surface area contributed by atoms with Gasteiger partial charge < -0.3 is 9.88 Å². The van der Waals surface area contributed by atoms with Crippen LogP contribution < -0.4 is 5.32 Å². The van der Waals surface area contributed by atoms with E-state index in [0.717, 1.165) is 6.20 Å². The maximum Gasteiger partial charge on any atom is 0.432 e. The first-order chi connectivity index (χ1) is 11.2. The van der Waals surface area contributed by atoms with Gasteiger partial charge in [0.25, 0.3) is 5.92 Å². The Balaban J connectivity index is 1.56. The van der Waals surface area contributed by atoms with Crippen molar-refractivity contribution in [3.8, 4) is 0 Å². The summed E-state index contributed by atoms with van der Waals surface area (Å²) in [6.07, 6.45) is -3.34. The number of carbonyl (C=O) groups is 1. The van der Waals surface area contributed by atoms with Crippen molar-refractivity contribution in [1.82, 2.24) is 20.2 Å². The fourth-order valence-electron chi connectivity index (χ4n) is 3.17. The van der Waals surface area contributed by atoms with E-state index in [1.54, 1.807) is 0 Å². The zero-order valence-corrected chi connectivity index (χ0v) is 12.7. The summed E-state index contributed by atoms with van der Waals surface area (Å²) in [4.78, 5) is 19.8. The number of nitrogens with one attached hydrogen (secondary N) is 2. The van der Waals surface area contributed by atoms with Gasteiger partial charge in [0, 0.05) is 25.4 Å². The van der Waals surface area contributed by atoms with Crippen LogP contribution in [0.25, 0.3) is 0 Å². The average molecular weight is 352 g/mol. The van der Waals surface area contributed by atoms with Gasteiger partial charge in [-0.25, -0.2) is 13.8 Å². The van der Waals surface area contributed by atoms with Crippen molar-refractivity contribution >= 4 is 5.91 Å². The lowest BCUT2D eigenvalue weighted by Crippen LogP contribution is -2.46. The number of alkyl halides is 5. The summed E-state index contributed by atoms with van der Waals surface area (Å²) < 4.78 is 64.1. The second-order valence-electron chi connectivity index (χ2n) is 6.27. The highest BCUT2D eigenvalue weighted by atomic mass is 19.4. The van der Waals surface area contributed by atoms with E-state index in [0.29, 0.717) is 25.9 Å². The van der Waals surface area contributed by atoms with Gasteiger partial charge in [-0.05, 0) is 12.8 Å². The van der Waals surface area contributed by atoms with E-state index in [9.17, 15) is 26.7 Å². The number of halogens is 5. The standard InChI is InChI=1S/C14H17F5N4O/c15-13(16)5-9(21-7-13)12(24)23-3-1-8(2-4-23)11-20-6-10(22-11)14(17,18)19/h6,8-9,21H,1-5,7H2,(H,20,22). The van der Waals surface area contributed by atoms with Gasteiger partial charge in [0.05, 0.1) is 18.8 Å². The van der Waals surface area contributed by atoms with Gasteiger partial charge in [0.2, 0.25) is 5.91 Å². The molecule has 5 nitrogen and oxygen atoms in total. The molecule has 2 fully saturated rings. The number of imidazole rings is 1. The van der Waals surface area contributed by atoms with Crippen molar-refractivity contribution in [1.29, 1.82) is 0 Å². The second-order valence-corrected chi connectivity index (χ2v) is 6.27. The summed E-state index contributed by atoms with van der Waals surface area (Å²) in [7, 11) is 0. The van der Waals surface area contributed by atoms with Crippen molar-refractivity contribution < 1.29 is 26.7 Å². The Bertz CT molecular complexity index is 607. The number of amides is 1. The number of H-pyrrole nitrogens is 1. The number of carbonyl (C=O) groups excluding carboxylic acids is 1. The smallest absolute Gasteiger partial charge is 0.341 e. The van der Waals surface area contributed by atoms with E-state index < -0.39 is 36.8 Å². The Labute approximate surface area is 134 Å². The highest BCUT2D eigenvalue weighted by molar-refractivity contribution is 5.82. The van der Waals surface area contributed by atoms with Crippen LogP contribution in [0.5, 0.6) is 0 Å². The Hall–Kier alpha value is -1.71. The van der Waals surface area contributed by atoms with Crippen LogP contribution >= 0.6 is 0 Å². The molecular formula is C14H17F5N4O. The summed E-state index contributed by atoms with van der Waals surface area (Å²) in [6.45, 7) is 0.122. The molecule has 134 valence electrons. The Morgan fingerprint density at radius 1 is 1.29 bits per heavy atom. The Morgan fingerprint density at radius 2 is 1.96 bits per heavy atom. The quantitative estimate of drug-likeness (QED) is 0.802. The third-order valence-corrected chi connectivity index (χ3v) is 4.50. The minimum absolute atomic E-state index is 0.205. The largest absolute Gasteiger partial charge is 0.432 e. The number of aromatic amines is 1. The molecule has 2 N–H and O–H groups in total. The molecule has 1 amide bonds. The molecular weight excluding hydrogens is 335 g/mol. The minimum atomic E-state index is -4.47. The van der Waals surface area contributed by atoms with Crippen molar-refractivity contribution in [2.45, 2.75) is 43.3 Å². The number of hydrogen-bond acceptors (Lipinski definition) is 3. The van der Waals surface area contributed by atoms with Gasteiger partial charge in [-0.2, -0.15) is 13.2 Å². The Kier molecular flexibility index (Phi) is 4.27. The lowest BCUT2D eigenvalue weighted by Gasteiger charge is -2.32. The van der Waals surface area contributed by atoms with E-state index in [4.69, 9.17) is 0 Å². The van der Waals surface area contributed by atoms with Crippen LogP contribution in [0.2, 0.25) is 0 Å². The normalized spacial score (nSPS) is 25.2. The zero-order chi connectivity index (χ0) is 17.5. The van der Waals surface area contributed by atoms with Crippen LogP contribution in [-0.2, 0) is 11.0 Å². The molecule has 0 aromatic carbocycles. The maximum absolute atomic E-state index is 13.2. The summed E-state index contributed by atoms with van der Waals surface area (Å²) in [5.74, 6) is -3.20. The predicted octanol–water partition coefficient (Wildman–Crippen LogP) is 2.13. The van der Waals surface area contributed by atoms with Crippen LogP contribution in [0.1, 0.15) is 36.7 Å². The molecule has 1 aromatic heterocycles. The molecule has 2 aliphatic heterocycles. The lowest BCUT2D eigenvalue weighted by molar-refractivity contribution is -0.141. The summed E-state index contributed by atoms with van der Waals surface area (Å²) in [5.41, 5.74) is -0.895. The molecule has 0 bridgehead atoms. The molecule has 3 rings (SSSR count). The molecule has 2 aliphatic rings. The second kappa shape index (κ2) is 5.98. The Morgan fingerprint density at radius 3 is 2.46 bits per heavy atom. The predicted molar refractivity (Wildman–Crippen MR) is 73.5 cm³/mol. The van der Waals surface area contributed by atoms with E-state index in [2.05, 4.69) is 15.3 Å². The maximum atomic E-state index is 13.2. The van der Waals surface area contributed by atoms with Gasteiger partial charge in [0.1, 0.15) is 11.5 Å². The lowest BCUT2D eigenvalue weighted by atomic mass is 9.95. The molecule has 1 atom stereocenters. The number of aromatic nitrogens is 2. The molecule has 10 heteroatoms. The third-order valence-electron chi connectivity index (χ3n) is 4.50. The fourth-order valence-corrected chi connectivity index (χ4v) is 3.17. The molecule has 0 spiro atoms. The number of piperidine rings is 1. The summed E-state index contributed by atoms with van der Waals surface area (Å²) >= 11 is 0. The molecule has 3 heterocycles. The van der Waals surface area contributed by atoms with Gasteiger partial charge in [-0.1, -0.05) is 0 Å². The molecule has 0 aliphatic carbocycles. The highest BCUT2D eigenvalue weighted by Crippen LogP contribution is 2.32. The zero-order valence-electron chi connectivity index (χ0n) is 12.7. The van der Waals surface area contributed by atoms with Crippen molar-refractivity contribution in [2.75, 3.05) is 19.6 Å². The first-order valence-electron chi connectivity index (χ1n) is 7.68. The van der Waals surface area contributed by atoms with Crippen LogP contribution in [0.15, 0.2) is 6.20 Å². The fraction of sp³-hybridized carbons (Fsp3) is 0.714. The number of rotatable bonds is 2. The van der Waals surface area contributed by atoms with Gasteiger partial charge in [0.15, 0.2) is 0 Å².